The zero-order valence-corrected chi connectivity index (χ0v) is 15.6. The second-order valence-electron chi connectivity index (χ2n) is 6.71. The highest BCUT2D eigenvalue weighted by atomic mass is 35.5. The van der Waals surface area contributed by atoms with Crippen LogP contribution in [0.5, 0.6) is 0 Å². The van der Waals surface area contributed by atoms with Gasteiger partial charge in [0.1, 0.15) is 0 Å². The van der Waals surface area contributed by atoms with Crippen LogP contribution in [-0.4, -0.2) is 76.8 Å². The summed E-state index contributed by atoms with van der Waals surface area (Å²) in [4.78, 5) is 35.0. The topological polar surface area (TPSA) is 56.8 Å². The van der Waals surface area contributed by atoms with Gasteiger partial charge in [0.05, 0.1) is 12.5 Å². The van der Waals surface area contributed by atoms with E-state index in [-0.39, 0.29) is 30.3 Å². The Morgan fingerprint density at radius 3 is 2.56 bits per heavy atom. The van der Waals surface area contributed by atoms with Crippen molar-refractivity contribution in [2.75, 3.05) is 39.3 Å². The first kappa shape index (κ1) is 19.7. The minimum Gasteiger partial charge on any atom is -0.339 e. The van der Waals surface area contributed by atoms with Crippen molar-refractivity contribution >= 4 is 24.2 Å². The summed E-state index contributed by atoms with van der Waals surface area (Å²) in [5, 5.41) is 0. The van der Waals surface area contributed by atoms with Gasteiger partial charge >= 0.3 is 0 Å². The van der Waals surface area contributed by atoms with Crippen molar-refractivity contribution in [2.45, 2.75) is 32.2 Å². The zero-order valence-electron chi connectivity index (χ0n) is 14.8. The molecule has 2 fully saturated rings. The molecule has 2 saturated heterocycles. The van der Waals surface area contributed by atoms with Gasteiger partial charge in [0.2, 0.25) is 11.8 Å². The van der Waals surface area contributed by atoms with Crippen molar-refractivity contribution < 1.29 is 9.59 Å². The smallest absolute Gasteiger partial charge is 0.229 e. The summed E-state index contributed by atoms with van der Waals surface area (Å²) in [6, 6.07) is 5.73. The summed E-state index contributed by atoms with van der Waals surface area (Å²) in [5.41, 5.74) is 0.802. The third-order valence-electron chi connectivity index (χ3n) is 4.97. The number of amides is 2. The number of halogens is 1. The summed E-state index contributed by atoms with van der Waals surface area (Å²) in [7, 11) is 0. The van der Waals surface area contributed by atoms with Crippen LogP contribution >= 0.6 is 12.4 Å². The number of nitrogens with zero attached hydrogens (tertiary/aromatic N) is 4. The fourth-order valence-corrected chi connectivity index (χ4v) is 3.65. The molecule has 0 bridgehead atoms. The highest BCUT2D eigenvalue weighted by Crippen LogP contribution is 2.16. The van der Waals surface area contributed by atoms with Gasteiger partial charge in [-0.05, 0) is 38.1 Å². The predicted molar refractivity (Wildman–Crippen MR) is 98.6 cm³/mol. The summed E-state index contributed by atoms with van der Waals surface area (Å²) in [6.07, 6.45) is 4.51. The maximum atomic E-state index is 12.8. The van der Waals surface area contributed by atoms with Crippen LogP contribution in [0.4, 0.5) is 0 Å². The predicted octanol–water partition coefficient (Wildman–Crippen LogP) is 1.20. The molecule has 0 saturated carbocycles. The Morgan fingerprint density at radius 1 is 1.16 bits per heavy atom. The summed E-state index contributed by atoms with van der Waals surface area (Å²) >= 11 is 0. The number of hydrogen-bond donors (Lipinski definition) is 0. The van der Waals surface area contributed by atoms with E-state index in [1.54, 1.807) is 13.1 Å². The molecule has 0 aliphatic carbocycles. The van der Waals surface area contributed by atoms with Crippen molar-refractivity contribution in [1.82, 2.24) is 19.7 Å². The molecule has 2 aliphatic rings. The van der Waals surface area contributed by atoms with Gasteiger partial charge in [-0.2, -0.15) is 0 Å². The van der Waals surface area contributed by atoms with E-state index in [1.165, 1.54) is 12.8 Å². The van der Waals surface area contributed by atoms with Gasteiger partial charge in [0.15, 0.2) is 0 Å². The number of hydrogen-bond acceptors (Lipinski definition) is 4. The zero-order chi connectivity index (χ0) is 16.9. The third kappa shape index (κ3) is 5.16. The average molecular weight is 367 g/mol. The van der Waals surface area contributed by atoms with Gasteiger partial charge < -0.3 is 14.7 Å². The van der Waals surface area contributed by atoms with Crippen molar-refractivity contribution in [2.24, 2.45) is 0 Å². The molecule has 2 aliphatic heterocycles. The van der Waals surface area contributed by atoms with Crippen LogP contribution in [0.25, 0.3) is 0 Å². The molecule has 1 aromatic rings. The molecule has 25 heavy (non-hydrogen) atoms. The van der Waals surface area contributed by atoms with E-state index >= 15 is 0 Å². The minimum atomic E-state index is 0. The van der Waals surface area contributed by atoms with E-state index in [9.17, 15) is 9.59 Å². The maximum Gasteiger partial charge on any atom is 0.229 e. The lowest BCUT2D eigenvalue weighted by Crippen LogP contribution is -2.59. The van der Waals surface area contributed by atoms with E-state index < -0.39 is 0 Å². The van der Waals surface area contributed by atoms with E-state index in [1.807, 2.05) is 28.0 Å². The summed E-state index contributed by atoms with van der Waals surface area (Å²) < 4.78 is 0. The van der Waals surface area contributed by atoms with Gasteiger partial charge in [-0.15, -0.1) is 12.4 Å². The van der Waals surface area contributed by atoms with Gasteiger partial charge in [-0.1, -0.05) is 6.07 Å². The molecule has 0 spiro atoms. The second-order valence-corrected chi connectivity index (χ2v) is 6.71. The Kier molecular flexibility index (Phi) is 7.20. The molecule has 0 aromatic carbocycles. The SMILES string of the molecule is CC(=O)N1CCN(C(=O)Cc2ccccn2)C(CN2CCCC2)C1.Cl. The second kappa shape index (κ2) is 9.15. The monoisotopic (exact) mass is 366 g/mol. The van der Waals surface area contributed by atoms with Crippen LogP contribution in [0, 0.1) is 0 Å². The molecule has 3 heterocycles. The Hall–Kier alpha value is -1.66. The van der Waals surface area contributed by atoms with Crippen LogP contribution in [-0.2, 0) is 16.0 Å². The standard InChI is InChI=1S/C18H26N4O2.ClH/c1-15(23)21-10-11-22(17(14-21)13-20-8-4-5-9-20)18(24)12-16-6-2-3-7-19-16;/h2-3,6-7,17H,4-5,8-14H2,1H3;1H. The molecule has 138 valence electrons. The van der Waals surface area contributed by atoms with E-state index in [0.29, 0.717) is 26.1 Å². The number of piperazine rings is 1. The Bertz CT molecular complexity index is 578. The maximum absolute atomic E-state index is 12.8. The highest BCUT2D eigenvalue weighted by molar-refractivity contribution is 5.85. The van der Waals surface area contributed by atoms with Crippen LogP contribution in [0.3, 0.4) is 0 Å². The number of pyridine rings is 1. The van der Waals surface area contributed by atoms with Crippen LogP contribution in [0.1, 0.15) is 25.5 Å². The fourth-order valence-electron chi connectivity index (χ4n) is 3.65. The molecule has 1 aromatic heterocycles. The van der Waals surface area contributed by atoms with E-state index in [4.69, 9.17) is 0 Å². The van der Waals surface area contributed by atoms with Crippen LogP contribution in [0.15, 0.2) is 24.4 Å². The average Bonchev–Trinajstić information content (AvgIpc) is 3.08. The Morgan fingerprint density at radius 2 is 1.92 bits per heavy atom. The first-order chi connectivity index (χ1) is 11.6. The number of carbonyl (C=O) groups is 2. The quantitative estimate of drug-likeness (QED) is 0.803. The lowest BCUT2D eigenvalue weighted by molar-refractivity contribution is -0.142. The summed E-state index contributed by atoms with van der Waals surface area (Å²) in [6.45, 7) is 6.54. The minimum absolute atomic E-state index is 0. The van der Waals surface area contributed by atoms with Crippen molar-refractivity contribution in [3.63, 3.8) is 0 Å². The molecular weight excluding hydrogens is 340 g/mol. The number of rotatable bonds is 4. The molecule has 0 N–H and O–H groups in total. The molecular formula is C18H27ClN4O2. The van der Waals surface area contributed by atoms with Crippen LogP contribution in [0.2, 0.25) is 0 Å². The van der Waals surface area contributed by atoms with Crippen molar-refractivity contribution in [3.8, 4) is 0 Å². The van der Waals surface area contributed by atoms with Gasteiger partial charge in [-0.25, -0.2) is 0 Å². The van der Waals surface area contributed by atoms with Gasteiger partial charge in [0, 0.05) is 45.0 Å². The highest BCUT2D eigenvalue weighted by Gasteiger charge is 2.33. The molecule has 2 amide bonds. The fraction of sp³-hybridized carbons (Fsp3) is 0.611. The van der Waals surface area contributed by atoms with E-state index in [0.717, 1.165) is 25.3 Å². The van der Waals surface area contributed by atoms with Crippen LogP contribution < -0.4 is 0 Å². The number of aromatic nitrogens is 1. The number of likely N-dealkylation sites (tertiary alicyclic amines) is 1. The molecule has 6 nitrogen and oxygen atoms in total. The molecule has 1 atom stereocenters. The largest absolute Gasteiger partial charge is 0.339 e. The summed E-state index contributed by atoms with van der Waals surface area (Å²) in [5.74, 6) is 0.208. The van der Waals surface area contributed by atoms with Crippen molar-refractivity contribution in [3.05, 3.63) is 30.1 Å². The van der Waals surface area contributed by atoms with Gasteiger partial charge in [0.25, 0.3) is 0 Å². The van der Waals surface area contributed by atoms with E-state index in [2.05, 4.69) is 9.88 Å². The first-order valence-electron chi connectivity index (χ1n) is 8.81. The lowest BCUT2D eigenvalue weighted by Gasteiger charge is -2.42. The van der Waals surface area contributed by atoms with Gasteiger partial charge in [-0.3, -0.25) is 14.6 Å². The third-order valence-corrected chi connectivity index (χ3v) is 4.97. The number of carbonyl (C=O) groups excluding carboxylic acids is 2. The van der Waals surface area contributed by atoms with Crippen molar-refractivity contribution in [1.29, 1.82) is 0 Å². The Balaban J connectivity index is 0.00000225. The normalized spacial score (nSPS) is 21.1. The molecule has 3 rings (SSSR count). The molecule has 1 unspecified atom stereocenters. The first-order valence-corrected chi connectivity index (χ1v) is 8.81. The molecule has 7 heteroatoms. The molecule has 0 radical (unpaired) electrons. The lowest BCUT2D eigenvalue weighted by atomic mass is 10.1. The Labute approximate surface area is 155 Å².